The Kier molecular flexibility index (Phi) is 5.60. The molecule has 0 saturated heterocycles. The lowest BCUT2D eigenvalue weighted by Crippen LogP contribution is -2.08. The van der Waals surface area contributed by atoms with Gasteiger partial charge in [0, 0.05) is 30.4 Å². The number of hydrogen-bond donors (Lipinski definition) is 1. The van der Waals surface area contributed by atoms with Crippen molar-refractivity contribution in [3.63, 3.8) is 0 Å². The van der Waals surface area contributed by atoms with Crippen LogP contribution in [0.4, 0.5) is 16.0 Å². The van der Waals surface area contributed by atoms with Crippen LogP contribution in [0.1, 0.15) is 30.1 Å². The molecule has 1 N–H and O–H groups in total. The second-order valence-corrected chi connectivity index (χ2v) is 8.33. The minimum atomic E-state index is -0.259. The zero-order valence-electron chi connectivity index (χ0n) is 18.0. The van der Waals surface area contributed by atoms with E-state index in [-0.39, 0.29) is 11.7 Å². The lowest BCUT2D eigenvalue weighted by atomic mass is 9.92. The number of methoxy groups -OCH3 is 1. The zero-order chi connectivity index (χ0) is 22.9. The van der Waals surface area contributed by atoms with Gasteiger partial charge >= 0.3 is 0 Å². The van der Waals surface area contributed by atoms with Crippen molar-refractivity contribution < 1.29 is 9.13 Å². The van der Waals surface area contributed by atoms with Gasteiger partial charge in [0.05, 0.1) is 12.8 Å². The maximum atomic E-state index is 13.5. The van der Waals surface area contributed by atoms with Gasteiger partial charge in [-0.2, -0.15) is 4.98 Å². The summed E-state index contributed by atoms with van der Waals surface area (Å²) >= 11 is 5.95. The lowest BCUT2D eigenvalue weighted by molar-refractivity contribution is 0.413. The summed E-state index contributed by atoms with van der Waals surface area (Å²) in [7, 11) is 1.61. The van der Waals surface area contributed by atoms with Crippen LogP contribution in [0.15, 0.2) is 67.1 Å². The minimum Gasteiger partial charge on any atom is -0.494 e. The van der Waals surface area contributed by atoms with E-state index in [4.69, 9.17) is 21.3 Å². The maximum absolute atomic E-state index is 13.5. The largest absolute Gasteiger partial charge is 0.494 e. The molecule has 7 nitrogen and oxygen atoms in total. The number of nitrogens with one attached hydrogen (secondary N) is 1. The molecule has 4 aromatic rings. The number of aryl methyl sites for hydroxylation is 1. The van der Waals surface area contributed by atoms with Crippen LogP contribution in [0.2, 0.25) is 5.15 Å². The first-order valence-corrected chi connectivity index (χ1v) is 10.9. The molecule has 0 saturated carbocycles. The molecule has 0 bridgehead atoms. The first-order chi connectivity index (χ1) is 16.0. The third-order valence-corrected chi connectivity index (χ3v) is 5.91. The first-order valence-electron chi connectivity index (χ1n) is 10.5. The van der Waals surface area contributed by atoms with Crippen LogP contribution in [0.3, 0.4) is 0 Å². The molecule has 0 unspecified atom stereocenters. The van der Waals surface area contributed by atoms with Crippen molar-refractivity contribution in [2.75, 3.05) is 12.4 Å². The summed E-state index contributed by atoms with van der Waals surface area (Å²) in [6.45, 7) is 4.89. The number of hydrogen-bond acceptors (Lipinski definition) is 5. The normalized spacial score (nSPS) is 15.7. The Hall–Kier alpha value is -3.65. The van der Waals surface area contributed by atoms with Crippen LogP contribution in [-0.2, 0) is 6.54 Å². The Morgan fingerprint density at radius 1 is 1.21 bits per heavy atom. The lowest BCUT2D eigenvalue weighted by Gasteiger charge is -2.14. The van der Waals surface area contributed by atoms with Crippen molar-refractivity contribution in [1.82, 2.24) is 24.3 Å². The molecule has 0 spiro atoms. The fraction of sp³-hybridized carbons (Fsp3) is 0.208. The quantitative estimate of drug-likeness (QED) is 0.395. The maximum Gasteiger partial charge on any atom is 0.246 e. The van der Waals surface area contributed by atoms with Gasteiger partial charge in [-0.1, -0.05) is 35.9 Å². The summed E-state index contributed by atoms with van der Waals surface area (Å²) in [6.07, 6.45) is 4.91. The smallest absolute Gasteiger partial charge is 0.246 e. The van der Waals surface area contributed by atoms with Crippen molar-refractivity contribution >= 4 is 23.2 Å². The predicted molar refractivity (Wildman–Crippen MR) is 125 cm³/mol. The summed E-state index contributed by atoms with van der Waals surface area (Å²) in [6, 6.07) is 12.2. The highest BCUT2D eigenvalue weighted by Gasteiger charge is 2.26. The molecule has 168 valence electrons. The van der Waals surface area contributed by atoms with Crippen LogP contribution in [0, 0.1) is 5.82 Å². The van der Waals surface area contributed by atoms with Crippen LogP contribution in [-0.4, -0.2) is 31.4 Å². The first kappa shape index (κ1) is 21.2. The third kappa shape index (κ3) is 4.34. The van der Waals surface area contributed by atoms with Crippen molar-refractivity contribution in [3.8, 4) is 11.4 Å². The standard InChI is InChI=1S/C24H22ClFN6O/c1-15-9-10-32-23(19(11-15)16-3-5-17(26)6-4-16)29-24(30-32)28-18-7-8-20(21(12-18)33-2)31-13-22(25)27-14-31/h3-8,12-14,19H,1,9-11H2,2H3,(H,28,30)/t19-/m0/s1. The van der Waals surface area contributed by atoms with E-state index in [1.54, 1.807) is 36.3 Å². The molecule has 0 fully saturated rings. The van der Waals surface area contributed by atoms with Crippen molar-refractivity contribution in [2.24, 2.45) is 0 Å². The number of allylic oxidation sites excluding steroid dienone is 1. The zero-order valence-corrected chi connectivity index (χ0v) is 18.8. The minimum absolute atomic E-state index is 0.0356. The van der Waals surface area contributed by atoms with E-state index < -0.39 is 0 Å². The number of anilines is 2. The van der Waals surface area contributed by atoms with Crippen molar-refractivity contribution in [1.29, 1.82) is 0 Å². The fourth-order valence-corrected chi connectivity index (χ4v) is 4.21. The number of nitrogens with zero attached hydrogens (tertiary/aromatic N) is 5. The molecule has 1 aliphatic rings. The fourth-order valence-electron chi connectivity index (χ4n) is 4.07. The van der Waals surface area contributed by atoms with Crippen molar-refractivity contribution in [3.05, 3.63) is 89.5 Å². The number of rotatable bonds is 5. The Labute approximate surface area is 195 Å². The highest BCUT2D eigenvalue weighted by molar-refractivity contribution is 6.29. The van der Waals surface area contributed by atoms with Crippen LogP contribution >= 0.6 is 11.6 Å². The molecule has 33 heavy (non-hydrogen) atoms. The third-order valence-electron chi connectivity index (χ3n) is 5.72. The number of ether oxygens (including phenoxy) is 1. The molecule has 1 atom stereocenters. The SMILES string of the molecule is C=C1CCn2nc(Nc3ccc(-n4cnc(Cl)c4)c(OC)c3)nc2[C@H](c2ccc(F)cc2)C1. The van der Waals surface area contributed by atoms with Gasteiger partial charge in [0.1, 0.15) is 28.9 Å². The number of fused-ring (bicyclic) bond motifs is 1. The topological polar surface area (TPSA) is 69.8 Å². The Morgan fingerprint density at radius 2 is 2.03 bits per heavy atom. The Morgan fingerprint density at radius 3 is 2.76 bits per heavy atom. The van der Waals surface area contributed by atoms with Crippen molar-refractivity contribution in [2.45, 2.75) is 25.3 Å². The van der Waals surface area contributed by atoms with Gasteiger partial charge < -0.3 is 14.6 Å². The van der Waals surface area contributed by atoms with Crippen LogP contribution < -0.4 is 10.1 Å². The van der Waals surface area contributed by atoms with E-state index >= 15 is 0 Å². The van der Waals surface area contributed by atoms with E-state index in [9.17, 15) is 4.39 Å². The average molecular weight is 465 g/mol. The van der Waals surface area contributed by atoms with Gasteiger partial charge in [-0.3, -0.25) is 0 Å². The predicted octanol–water partition coefficient (Wildman–Crippen LogP) is 5.49. The number of imidazole rings is 1. The molecule has 5 rings (SSSR count). The summed E-state index contributed by atoms with van der Waals surface area (Å²) in [5, 5.41) is 8.36. The summed E-state index contributed by atoms with van der Waals surface area (Å²) in [5.74, 6) is 1.68. The molecule has 0 radical (unpaired) electrons. The summed E-state index contributed by atoms with van der Waals surface area (Å²) in [4.78, 5) is 8.85. The van der Waals surface area contributed by atoms with E-state index in [1.807, 2.05) is 22.9 Å². The molecule has 9 heteroatoms. The van der Waals surface area contributed by atoms with Crippen LogP contribution in [0.25, 0.3) is 5.69 Å². The molecule has 2 aromatic heterocycles. The Balaban J connectivity index is 1.45. The number of benzene rings is 2. The van der Waals surface area contributed by atoms with E-state index in [1.165, 1.54) is 12.1 Å². The molecule has 0 aliphatic carbocycles. The van der Waals surface area contributed by atoms with E-state index in [0.29, 0.717) is 23.4 Å². The Bertz CT molecular complexity index is 1310. The van der Waals surface area contributed by atoms with Gasteiger partial charge in [0.25, 0.3) is 0 Å². The molecular weight excluding hydrogens is 443 g/mol. The van der Waals surface area contributed by atoms with Gasteiger partial charge in [-0.15, -0.1) is 5.10 Å². The van der Waals surface area contributed by atoms with Gasteiger partial charge in [0.15, 0.2) is 0 Å². The van der Waals surface area contributed by atoms with Crippen LogP contribution in [0.5, 0.6) is 5.75 Å². The molecule has 2 aromatic carbocycles. The van der Waals surface area contributed by atoms with Gasteiger partial charge in [-0.25, -0.2) is 14.1 Å². The number of halogens is 2. The molecule has 3 heterocycles. The highest BCUT2D eigenvalue weighted by atomic mass is 35.5. The molecular formula is C24H22ClFN6O. The summed E-state index contributed by atoms with van der Waals surface area (Å²) in [5.41, 5.74) is 3.71. The second-order valence-electron chi connectivity index (χ2n) is 7.94. The van der Waals surface area contributed by atoms with E-state index in [2.05, 4.69) is 22.0 Å². The summed E-state index contributed by atoms with van der Waals surface area (Å²) < 4.78 is 22.7. The monoisotopic (exact) mass is 464 g/mol. The molecule has 0 amide bonds. The van der Waals surface area contributed by atoms with Gasteiger partial charge in [-0.05, 0) is 42.7 Å². The molecule has 1 aliphatic heterocycles. The second kappa shape index (κ2) is 8.71. The van der Waals surface area contributed by atoms with E-state index in [0.717, 1.165) is 41.2 Å². The highest BCUT2D eigenvalue weighted by Crippen LogP contribution is 2.35. The number of aromatic nitrogens is 5. The van der Waals surface area contributed by atoms with Gasteiger partial charge in [0.2, 0.25) is 5.95 Å². The average Bonchev–Trinajstić information content (AvgIpc) is 3.39.